The second-order valence-corrected chi connectivity index (χ2v) is 8.57. The van der Waals surface area contributed by atoms with Crippen LogP contribution in [0.2, 0.25) is 0 Å². The van der Waals surface area contributed by atoms with Gasteiger partial charge in [0.1, 0.15) is 0 Å². The van der Waals surface area contributed by atoms with Crippen molar-refractivity contribution in [3.8, 4) is 0 Å². The molecule has 2 aromatic carbocycles. The van der Waals surface area contributed by atoms with Crippen molar-refractivity contribution in [3.63, 3.8) is 0 Å². The highest BCUT2D eigenvalue weighted by atomic mass is 32.2. The predicted octanol–water partition coefficient (Wildman–Crippen LogP) is 3.39. The molecule has 0 aliphatic heterocycles. The van der Waals surface area contributed by atoms with Gasteiger partial charge in [-0.1, -0.05) is 18.2 Å². The van der Waals surface area contributed by atoms with E-state index >= 15 is 0 Å². The fourth-order valence-electron chi connectivity index (χ4n) is 2.28. The molecule has 3 N–H and O–H groups in total. The number of nitrogens with one attached hydrogen (secondary N) is 3. The number of halogens is 3. The first kappa shape index (κ1) is 23.0. The van der Waals surface area contributed by atoms with Gasteiger partial charge in [-0.05, 0) is 36.0 Å². The lowest BCUT2D eigenvalue weighted by Crippen LogP contribution is -2.34. The summed E-state index contributed by atoms with van der Waals surface area (Å²) < 4.78 is 64.4. The van der Waals surface area contributed by atoms with Gasteiger partial charge >= 0.3 is 12.2 Å². The van der Waals surface area contributed by atoms with Crippen LogP contribution in [0.15, 0.2) is 63.5 Å². The van der Waals surface area contributed by atoms with Crippen molar-refractivity contribution in [3.05, 3.63) is 64.2 Å². The van der Waals surface area contributed by atoms with E-state index < -0.39 is 38.4 Å². The van der Waals surface area contributed by atoms with Gasteiger partial charge in [0, 0.05) is 6.07 Å². The first-order chi connectivity index (χ1) is 15.0. The van der Waals surface area contributed by atoms with Gasteiger partial charge < -0.3 is 0 Å². The van der Waals surface area contributed by atoms with Crippen molar-refractivity contribution >= 4 is 39.5 Å². The smallest absolute Gasteiger partial charge is 0.276 e. The largest absolute Gasteiger partial charge is 0.416 e. The normalized spacial score (nSPS) is 11.7. The van der Waals surface area contributed by atoms with Crippen LogP contribution in [0.25, 0.3) is 0 Å². The predicted molar refractivity (Wildman–Crippen MR) is 104 cm³/mol. The number of benzene rings is 2. The number of amides is 2. The molecule has 3 rings (SSSR count). The molecular formula is C16H11F3N6O5S2. The zero-order valence-electron chi connectivity index (χ0n) is 15.5. The minimum atomic E-state index is -4.76. The van der Waals surface area contributed by atoms with E-state index in [1.807, 2.05) is 0 Å². The van der Waals surface area contributed by atoms with Gasteiger partial charge in [0.15, 0.2) is 0 Å². The highest BCUT2D eigenvalue weighted by molar-refractivity contribution is 7.99. The van der Waals surface area contributed by atoms with Crippen molar-refractivity contribution in [2.45, 2.75) is 21.1 Å². The second-order valence-electron chi connectivity index (χ2n) is 5.88. The molecule has 0 atom stereocenters. The highest BCUT2D eigenvalue weighted by Gasteiger charge is 2.33. The number of anilines is 1. The summed E-state index contributed by atoms with van der Waals surface area (Å²) in [4.78, 5) is 25.6. The molecule has 0 saturated carbocycles. The molecule has 0 aliphatic carbocycles. The number of carbonyl (C=O) groups is 1. The summed E-state index contributed by atoms with van der Waals surface area (Å²) >= 11 is 0.567. The summed E-state index contributed by atoms with van der Waals surface area (Å²) in [7, 11) is -4.15. The summed E-state index contributed by atoms with van der Waals surface area (Å²) in [5.41, 5.74) is -2.00. The average Bonchev–Trinajstić information content (AvgIpc) is 3.14. The van der Waals surface area contributed by atoms with Crippen LogP contribution in [0.1, 0.15) is 5.56 Å². The lowest BCUT2D eigenvalue weighted by atomic mass is 10.2. The third kappa shape index (κ3) is 5.52. The number of urea groups is 1. The molecule has 168 valence electrons. The van der Waals surface area contributed by atoms with Gasteiger partial charge in [0.25, 0.3) is 15.7 Å². The lowest BCUT2D eigenvalue weighted by Gasteiger charge is -2.07. The summed E-state index contributed by atoms with van der Waals surface area (Å²) in [6, 6.07) is 7.86. The number of sulfonamides is 1. The Morgan fingerprint density at radius 3 is 2.47 bits per heavy atom. The molecule has 1 aromatic heterocycles. The summed E-state index contributed by atoms with van der Waals surface area (Å²) in [6.07, 6.45) is -4.76. The quantitative estimate of drug-likeness (QED) is 0.352. The van der Waals surface area contributed by atoms with Crippen molar-refractivity contribution < 1.29 is 31.3 Å². The van der Waals surface area contributed by atoms with E-state index in [1.165, 1.54) is 24.3 Å². The third-order valence-corrected chi connectivity index (χ3v) is 5.94. The first-order valence-electron chi connectivity index (χ1n) is 8.30. The van der Waals surface area contributed by atoms with E-state index in [1.54, 1.807) is 10.8 Å². The Labute approximate surface area is 181 Å². The van der Waals surface area contributed by atoms with E-state index in [2.05, 4.69) is 20.5 Å². The number of nitrogens with zero attached hydrogens (tertiary/aromatic N) is 3. The number of H-pyrrole nitrogens is 1. The van der Waals surface area contributed by atoms with Crippen molar-refractivity contribution in [2.24, 2.45) is 0 Å². The zero-order valence-corrected chi connectivity index (χ0v) is 17.1. The topological polar surface area (TPSA) is 160 Å². The number of hydrogen-bond donors (Lipinski definition) is 3. The van der Waals surface area contributed by atoms with E-state index in [0.717, 1.165) is 6.07 Å². The molecule has 16 heteroatoms. The Morgan fingerprint density at radius 1 is 1.16 bits per heavy atom. The molecular weight excluding hydrogens is 477 g/mol. The number of nitro groups is 1. The monoisotopic (exact) mass is 488 g/mol. The standard InChI is InChI=1S/C16H11F3N6O5S2/c17-16(18,19)9-6-7-12(11(8-9)25(27)28)31-15-21-13(22-23-15)20-14(26)24-32(29,30)10-4-2-1-3-5-10/h1-8H,(H3,20,21,22,23,24,26). The molecule has 0 radical (unpaired) electrons. The van der Waals surface area contributed by atoms with Gasteiger partial charge in [-0.3, -0.25) is 15.4 Å². The van der Waals surface area contributed by atoms with Crippen molar-refractivity contribution in [1.29, 1.82) is 0 Å². The Hall–Kier alpha value is -3.66. The molecule has 0 aliphatic rings. The molecule has 1 heterocycles. The van der Waals surface area contributed by atoms with E-state index in [0.29, 0.717) is 23.9 Å². The van der Waals surface area contributed by atoms with Crippen LogP contribution in [0, 0.1) is 10.1 Å². The van der Waals surface area contributed by atoms with Crippen LogP contribution in [0.5, 0.6) is 0 Å². The summed E-state index contributed by atoms with van der Waals surface area (Å²) in [5, 5.41) is 19.0. The Balaban J connectivity index is 1.71. The van der Waals surface area contributed by atoms with Gasteiger partial charge in [-0.25, -0.2) is 23.0 Å². The number of aromatic nitrogens is 3. The van der Waals surface area contributed by atoms with Crippen molar-refractivity contribution in [1.82, 2.24) is 19.9 Å². The van der Waals surface area contributed by atoms with E-state index in [9.17, 15) is 36.5 Å². The van der Waals surface area contributed by atoms with Crippen LogP contribution >= 0.6 is 11.8 Å². The number of carbonyl (C=O) groups excluding carboxylic acids is 1. The van der Waals surface area contributed by atoms with E-state index in [4.69, 9.17) is 0 Å². The Morgan fingerprint density at radius 2 is 1.84 bits per heavy atom. The van der Waals surface area contributed by atoms with Gasteiger partial charge in [0.2, 0.25) is 11.1 Å². The highest BCUT2D eigenvalue weighted by Crippen LogP contribution is 2.38. The van der Waals surface area contributed by atoms with Gasteiger partial charge in [-0.15, -0.1) is 5.10 Å². The molecule has 0 spiro atoms. The fraction of sp³-hybridized carbons (Fsp3) is 0.0625. The molecule has 2 amide bonds. The van der Waals surface area contributed by atoms with Gasteiger partial charge in [0.05, 0.1) is 20.3 Å². The molecule has 0 fully saturated rings. The first-order valence-corrected chi connectivity index (χ1v) is 10.6. The van der Waals surface area contributed by atoms with Crippen LogP contribution in [0.4, 0.5) is 29.6 Å². The molecule has 32 heavy (non-hydrogen) atoms. The molecule has 0 saturated heterocycles. The van der Waals surface area contributed by atoms with Crippen molar-refractivity contribution in [2.75, 3.05) is 5.32 Å². The minimum absolute atomic E-state index is 0.154. The number of aromatic amines is 1. The maximum atomic E-state index is 12.8. The third-order valence-electron chi connectivity index (χ3n) is 3.66. The second kappa shape index (κ2) is 8.83. The Kier molecular flexibility index (Phi) is 6.35. The molecule has 3 aromatic rings. The summed E-state index contributed by atoms with van der Waals surface area (Å²) in [6.45, 7) is 0. The maximum Gasteiger partial charge on any atom is 0.416 e. The fourth-order valence-corrected chi connectivity index (χ4v) is 4.01. The Bertz CT molecular complexity index is 1260. The van der Waals surface area contributed by atoms with Crippen LogP contribution in [-0.4, -0.2) is 34.6 Å². The molecule has 11 nitrogen and oxygen atoms in total. The maximum absolute atomic E-state index is 12.8. The lowest BCUT2D eigenvalue weighted by molar-refractivity contribution is -0.388. The molecule has 0 unspecified atom stereocenters. The van der Waals surface area contributed by atoms with Gasteiger partial charge in [-0.2, -0.15) is 18.2 Å². The van der Waals surface area contributed by atoms with Crippen LogP contribution < -0.4 is 10.0 Å². The average molecular weight is 488 g/mol. The zero-order chi connectivity index (χ0) is 23.5. The minimum Gasteiger partial charge on any atom is -0.276 e. The SMILES string of the molecule is O=C(Nc1nc(Sc2ccc(C(F)(F)F)cc2[N+](=O)[O-])n[nH]1)NS(=O)(=O)c1ccccc1. The van der Waals surface area contributed by atoms with E-state index in [-0.39, 0.29) is 20.9 Å². The number of nitro benzene ring substituents is 1. The number of alkyl halides is 3. The number of hydrogen-bond acceptors (Lipinski definition) is 8. The summed E-state index contributed by atoms with van der Waals surface area (Å²) in [5.74, 6) is -0.303. The number of rotatable bonds is 6. The van der Waals surface area contributed by atoms with Crippen LogP contribution in [-0.2, 0) is 16.2 Å². The molecule has 0 bridgehead atoms. The van der Waals surface area contributed by atoms with Crippen LogP contribution in [0.3, 0.4) is 0 Å².